The lowest BCUT2D eigenvalue weighted by atomic mass is 10.3. The standard InChI is InChI=1S/C13H20FN3O2/c14-12-10-11(16-15)2-3-13(12)19-7-1-4-17-5-8-18-9-6-17/h2-3,10,16H,1,4-9,15H2. The molecule has 19 heavy (non-hydrogen) atoms. The molecule has 6 heteroatoms. The van der Waals surface area contributed by atoms with E-state index in [1.165, 1.54) is 6.07 Å². The summed E-state index contributed by atoms with van der Waals surface area (Å²) in [6, 6.07) is 4.58. The molecule has 0 bridgehead atoms. The normalized spacial score (nSPS) is 16.3. The fourth-order valence-electron chi connectivity index (χ4n) is 2.00. The van der Waals surface area contributed by atoms with Gasteiger partial charge in [-0.15, -0.1) is 0 Å². The number of rotatable bonds is 6. The van der Waals surface area contributed by atoms with Gasteiger partial charge in [0.05, 0.1) is 25.5 Å². The summed E-state index contributed by atoms with van der Waals surface area (Å²) < 4.78 is 24.3. The average Bonchev–Trinajstić information content (AvgIpc) is 2.46. The number of nitrogen functional groups attached to an aromatic ring is 1. The van der Waals surface area contributed by atoms with Crippen LogP contribution in [0.2, 0.25) is 0 Å². The first kappa shape index (κ1) is 14.0. The largest absolute Gasteiger partial charge is 0.490 e. The third-order valence-electron chi connectivity index (χ3n) is 3.08. The average molecular weight is 269 g/mol. The van der Waals surface area contributed by atoms with E-state index in [9.17, 15) is 4.39 Å². The van der Waals surface area contributed by atoms with Crippen molar-refractivity contribution in [2.45, 2.75) is 6.42 Å². The lowest BCUT2D eigenvalue weighted by molar-refractivity contribution is 0.0357. The van der Waals surface area contributed by atoms with Crippen LogP contribution < -0.4 is 16.0 Å². The van der Waals surface area contributed by atoms with Crippen LogP contribution in [0.3, 0.4) is 0 Å². The second-order valence-electron chi connectivity index (χ2n) is 4.45. The number of nitrogens with one attached hydrogen (secondary N) is 1. The molecule has 1 heterocycles. The summed E-state index contributed by atoms with van der Waals surface area (Å²) in [6.07, 6.45) is 0.871. The number of morpholine rings is 1. The fourth-order valence-corrected chi connectivity index (χ4v) is 2.00. The predicted molar refractivity (Wildman–Crippen MR) is 71.6 cm³/mol. The molecule has 3 N–H and O–H groups in total. The predicted octanol–water partition coefficient (Wildman–Crippen LogP) is 1.21. The van der Waals surface area contributed by atoms with Gasteiger partial charge in [0.1, 0.15) is 0 Å². The van der Waals surface area contributed by atoms with Crippen molar-refractivity contribution in [3.8, 4) is 5.75 Å². The maximum absolute atomic E-state index is 13.6. The summed E-state index contributed by atoms with van der Waals surface area (Å²) in [4.78, 5) is 2.32. The third kappa shape index (κ3) is 4.34. The molecule has 1 aromatic rings. The molecule has 0 radical (unpaired) electrons. The van der Waals surface area contributed by atoms with Crippen molar-refractivity contribution in [3.63, 3.8) is 0 Å². The number of nitrogens with zero attached hydrogens (tertiary/aromatic N) is 1. The Morgan fingerprint density at radius 2 is 2.16 bits per heavy atom. The van der Waals surface area contributed by atoms with E-state index >= 15 is 0 Å². The molecule has 5 nitrogen and oxygen atoms in total. The molecule has 0 saturated carbocycles. The molecule has 0 spiro atoms. The van der Waals surface area contributed by atoms with E-state index in [-0.39, 0.29) is 5.75 Å². The Labute approximate surface area is 112 Å². The van der Waals surface area contributed by atoms with Crippen LogP contribution in [0.4, 0.5) is 10.1 Å². The smallest absolute Gasteiger partial charge is 0.167 e. The molecule has 0 aromatic heterocycles. The van der Waals surface area contributed by atoms with Crippen molar-refractivity contribution in [3.05, 3.63) is 24.0 Å². The molecule has 1 fully saturated rings. The highest BCUT2D eigenvalue weighted by atomic mass is 19.1. The SMILES string of the molecule is NNc1ccc(OCCCN2CCOCC2)c(F)c1. The lowest BCUT2D eigenvalue weighted by Crippen LogP contribution is -2.37. The lowest BCUT2D eigenvalue weighted by Gasteiger charge is -2.26. The van der Waals surface area contributed by atoms with Gasteiger partial charge in [-0.1, -0.05) is 0 Å². The highest BCUT2D eigenvalue weighted by Gasteiger charge is 2.10. The number of nitrogens with two attached hydrogens (primary N) is 1. The summed E-state index contributed by atoms with van der Waals surface area (Å²) in [5, 5.41) is 0. The van der Waals surface area contributed by atoms with Gasteiger partial charge in [-0.05, 0) is 18.6 Å². The van der Waals surface area contributed by atoms with E-state index in [1.54, 1.807) is 12.1 Å². The quantitative estimate of drug-likeness (QED) is 0.462. The molecule has 0 unspecified atom stereocenters. The molecule has 1 aliphatic heterocycles. The van der Waals surface area contributed by atoms with Crippen LogP contribution >= 0.6 is 0 Å². The van der Waals surface area contributed by atoms with E-state index in [0.717, 1.165) is 39.3 Å². The maximum Gasteiger partial charge on any atom is 0.167 e. The van der Waals surface area contributed by atoms with Crippen LogP contribution in [0.15, 0.2) is 18.2 Å². The van der Waals surface area contributed by atoms with Gasteiger partial charge in [-0.2, -0.15) is 0 Å². The maximum atomic E-state index is 13.6. The van der Waals surface area contributed by atoms with Crippen molar-refractivity contribution < 1.29 is 13.9 Å². The van der Waals surface area contributed by atoms with Crippen molar-refractivity contribution in [1.82, 2.24) is 4.90 Å². The first-order chi connectivity index (χ1) is 9.29. The van der Waals surface area contributed by atoms with Crippen LogP contribution in [0.25, 0.3) is 0 Å². The van der Waals surface area contributed by atoms with Gasteiger partial charge in [0.15, 0.2) is 11.6 Å². The van der Waals surface area contributed by atoms with Crippen LogP contribution in [-0.4, -0.2) is 44.4 Å². The molecule has 1 aromatic carbocycles. The number of anilines is 1. The van der Waals surface area contributed by atoms with Gasteiger partial charge in [0, 0.05) is 25.7 Å². The molecular weight excluding hydrogens is 249 g/mol. The van der Waals surface area contributed by atoms with Gasteiger partial charge >= 0.3 is 0 Å². The zero-order valence-corrected chi connectivity index (χ0v) is 10.9. The third-order valence-corrected chi connectivity index (χ3v) is 3.08. The highest BCUT2D eigenvalue weighted by molar-refractivity contribution is 5.46. The fraction of sp³-hybridized carbons (Fsp3) is 0.538. The van der Waals surface area contributed by atoms with Crippen LogP contribution in [0.5, 0.6) is 5.75 Å². The van der Waals surface area contributed by atoms with Crippen molar-refractivity contribution >= 4 is 5.69 Å². The van der Waals surface area contributed by atoms with Crippen LogP contribution in [-0.2, 0) is 4.74 Å². The van der Waals surface area contributed by atoms with Crippen molar-refractivity contribution in [2.75, 3.05) is 44.9 Å². The number of halogens is 1. The van der Waals surface area contributed by atoms with Crippen molar-refractivity contribution in [1.29, 1.82) is 0 Å². The first-order valence-electron chi connectivity index (χ1n) is 6.48. The monoisotopic (exact) mass is 269 g/mol. The summed E-state index contributed by atoms with van der Waals surface area (Å²) >= 11 is 0. The number of hydrogen-bond acceptors (Lipinski definition) is 5. The zero-order chi connectivity index (χ0) is 13.5. The van der Waals surface area contributed by atoms with E-state index in [0.29, 0.717) is 12.3 Å². The van der Waals surface area contributed by atoms with Gasteiger partial charge in [-0.25, -0.2) is 4.39 Å². The number of ether oxygens (including phenoxy) is 2. The summed E-state index contributed by atoms with van der Waals surface area (Å²) in [5.41, 5.74) is 2.92. The van der Waals surface area contributed by atoms with E-state index < -0.39 is 5.82 Å². The van der Waals surface area contributed by atoms with Crippen LogP contribution in [0, 0.1) is 5.82 Å². The Morgan fingerprint density at radius 3 is 2.84 bits per heavy atom. The number of hydrogen-bond donors (Lipinski definition) is 2. The molecule has 1 saturated heterocycles. The molecule has 1 aliphatic rings. The molecular formula is C13H20FN3O2. The molecule has 0 atom stereocenters. The summed E-state index contributed by atoms with van der Waals surface area (Å²) in [6.45, 7) is 4.97. The molecule has 106 valence electrons. The highest BCUT2D eigenvalue weighted by Crippen LogP contribution is 2.20. The minimum absolute atomic E-state index is 0.265. The summed E-state index contributed by atoms with van der Waals surface area (Å²) in [5.74, 6) is 5.06. The molecule has 2 rings (SSSR count). The Morgan fingerprint density at radius 1 is 1.37 bits per heavy atom. The number of benzene rings is 1. The summed E-state index contributed by atoms with van der Waals surface area (Å²) in [7, 11) is 0. The minimum atomic E-state index is -0.401. The van der Waals surface area contributed by atoms with Gasteiger partial charge < -0.3 is 14.9 Å². The zero-order valence-electron chi connectivity index (χ0n) is 10.9. The second kappa shape index (κ2) is 7.28. The van der Waals surface area contributed by atoms with Crippen molar-refractivity contribution in [2.24, 2.45) is 5.84 Å². The number of hydrazine groups is 1. The molecule has 0 amide bonds. The van der Waals surface area contributed by atoms with Gasteiger partial charge in [0.25, 0.3) is 0 Å². The minimum Gasteiger partial charge on any atom is -0.490 e. The van der Waals surface area contributed by atoms with E-state index in [2.05, 4.69) is 10.3 Å². The first-order valence-corrected chi connectivity index (χ1v) is 6.48. The van der Waals surface area contributed by atoms with E-state index in [1.807, 2.05) is 0 Å². The second-order valence-corrected chi connectivity index (χ2v) is 4.45. The Balaban J connectivity index is 1.70. The Hall–Kier alpha value is -1.37. The van der Waals surface area contributed by atoms with Gasteiger partial charge in [-0.3, -0.25) is 10.7 Å². The Kier molecular flexibility index (Phi) is 5.38. The van der Waals surface area contributed by atoms with E-state index in [4.69, 9.17) is 15.3 Å². The van der Waals surface area contributed by atoms with Gasteiger partial charge in [0.2, 0.25) is 0 Å². The topological polar surface area (TPSA) is 59.8 Å². The molecule has 0 aliphatic carbocycles. The van der Waals surface area contributed by atoms with Crippen LogP contribution in [0.1, 0.15) is 6.42 Å². The Bertz CT molecular complexity index is 397.